The van der Waals surface area contributed by atoms with Crippen LogP contribution in [0.1, 0.15) is 52.8 Å². The number of anilines is 1. The van der Waals surface area contributed by atoms with Crippen molar-refractivity contribution < 1.29 is 4.79 Å². The van der Waals surface area contributed by atoms with Gasteiger partial charge in [-0.1, -0.05) is 34.8 Å². The van der Waals surface area contributed by atoms with E-state index in [2.05, 4.69) is 16.0 Å². The maximum atomic E-state index is 13.0. The molecule has 148 valence electrons. The van der Waals surface area contributed by atoms with Crippen LogP contribution in [0.25, 0.3) is 5.69 Å². The second kappa shape index (κ2) is 7.24. The van der Waals surface area contributed by atoms with Gasteiger partial charge in [-0.3, -0.25) is 15.6 Å². The van der Waals surface area contributed by atoms with Crippen LogP contribution in [0.3, 0.4) is 0 Å². The zero-order valence-corrected chi connectivity index (χ0v) is 17.5. The van der Waals surface area contributed by atoms with E-state index in [0.29, 0.717) is 32.6 Å². The minimum absolute atomic E-state index is 0.271. The highest BCUT2D eigenvalue weighted by Gasteiger charge is 2.44. The monoisotopic (exact) mass is 446 g/mol. The van der Waals surface area contributed by atoms with E-state index < -0.39 is 0 Å². The number of benzene rings is 2. The number of rotatable bonds is 4. The third kappa shape index (κ3) is 3.27. The number of carbonyl (C=O) groups excluding carboxylic acids is 1. The Bertz CT molecular complexity index is 1110. The predicted molar refractivity (Wildman–Crippen MR) is 115 cm³/mol. The summed E-state index contributed by atoms with van der Waals surface area (Å²) in [5.74, 6) is 0.499. The van der Waals surface area contributed by atoms with Gasteiger partial charge in [0, 0.05) is 21.5 Å². The van der Waals surface area contributed by atoms with E-state index in [-0.39, 0.29) is 5.91 Å². The third-order valence-corrected chi connectivity index (χ3v) is 6.49. The van der Waals surface area contributed by atoms with Gasteiger partial charge >= 0.3 is 0 Å². The molecule has 8 heteroatoms. The Hall–Kier alpha value is -2.21. The first-order valence-corrected chi connectivity index (χ1v) is 10.5. The third-order valence-electron chi connectivity index (χ3n) is 5.70. The summed E-state index contributed by atoms with van der Waals surface area (Å²) in [6.07, 6.45) is 3.25. The fourth-order valence-corrected chi connectivity index (χ4v) is 5.07. The Morgan fingerprint density at radius 1 is 1.00 bits per heavy atom. The number of aromatic nitrogens is 2. The van der Waals surface area contributed by atoms with Crippen molar-refractivity contribution in [2.45, 2.75) is 31.1 Å². The van der Waals surface area contributed by atoms with Gasteiger partial charge in [-0.15, -0.1) is 0 Å². The molecule has 2 bridgehead atoms. The Labute approximate surface area is 182 Å². The summed E-state index contributed by atoms with van der Waals surface area (Å²) >= 11 is 18.4. The summed E-state index contributed by atoms with van der Waals surface area (Å²) in [6.45, 7) is 0. The van der Waals surface area contributed by atoms with Crippen LogP contribution in [-0.2, 0) is 0 Å². The molecule has 0 aliphatic heterocycles. The Morgan fingerprint density at radius 3 is 2.48 bits per heavy atom. The van der Waals surface area contributed by atoms with Crippen LogP contribution >= 0.6 is 34.8 Å². The van der Waals surface area contributed by atoms with Crippen molar-refractivity contribution in [3.05, 3.63) is 74.5 Å². The predicted octanol–water partition coefficient (Wildman–Crippen LogP) is 5.95. The van der Waals surface area contributed by atoms with Crippen molar-refractivity contribution in [2.75, 3.05) is 5.43 Å². The van der Waals surface area contributed by atoms with E-state index in [9.17, 15) is 4.79 Å². The second-order valence-corrected chi connectivity index (χ2v) is 8.73. The fourth-order valence-electron chi connectivity index (χ4n) is 4.46. The molecule has 5 nitrogen and oxygen atoms in total. The minimum Gasteiger partial charge on any atom is -0.298 e. The SMILES string of the molecule is O=C(NNc1ccc(Cl)cc1)c1nn(-c2ccc(Cl)cc2Cl)c2c1C1CCC2C1. The standard InChI is InChI=1S/C21H17Cl3N4O/c22-13-3-6-15(7-4-13)25-26-21(29)19-18-11-1-2-12(9-11)20(18)28(27-19)17-8-5-14(23)10-16(17)24/h3-8,10-12,25H,1-2,9H2,(H,26,29). The molecular formula is C21H17Cl3N4O. The number of fused-ring (bicyclic) bond motifs is 5. The van der Waals surface area contributed by atoms with Gasteiger partial charge in [0.2, 0.25) is 0 Å². The average Bonchev–Trinajstić information content (AvgIpc) is 3.40. The van der Waals surface area contributed by atoms with Crippen LogP contribution < -0.4 is 10.9 Å². The number of hydrazine groups is 1. The molecule has 3 aromatic rings. The van der Waals surface area contributed by atoms with Gasteiger partial charge in [-0.25, -0.2) is 4.68 Å². The Balaban J connectivity index is 1.50. The number of amides is 1. The highest BCUT2D eigenvalue weighted by atomic mass is 35.5. The highest BCUT2D eigenvalue weighted by Crippen LogP contribution is 2.54. The summed E-state index contributed by atoms with van der Waals surface area (Å²) in [5, 5.41) is 6.38. The van der Waals surface area contributed by atoms with E-state index in [1.54, 1.807) is 36.4 Å². The van der Waals surface area contributed by atoms with E-state index in [1.165, 1.54) is 0 Å². The zero-order valence-electron chi connectivity index (χ0n) is 15.3. The lowest BCUT2D eigenvalue weighted by Gasteiger charge is -2.15. The smallest absolute Gasteiger partial charge is 0.290 e. The molecule has 0 spiro atoms. The molecule has 2 unspecified atom stereocenters. The summed E-state index contributed by atoms with van der Waals surface area (Å²) in [5.41, 5.74) is 9.74. The first-order valence-electron chi connectivity index (χ1n) is 9.41. The molecule has 1 fully saturated rings. The molecule has 1 aromatic heterocycles. The number of nitrogens with one attached hydrogen (secondary N) is 2. The summed E-state index contributed by atoms with van der Waals surface area (Å²) in [6, 6.07) is 12.4. The lowest BCUT2D eigenvalue weighted by Crippen LogP contribution is -2.30. The molecule has 29 heavy (non-hydrogen) atoms. The van der Waals surface area contributed by atoms with Crippen LogP contribution in [0.15, 0.2) is 42.5 Å². The van der Waals surface area contributed by atoms with Gasteiger partial charge in [0.25, 0.3) is 5.91 Å². The van der Waals surface area contributed by atoms with Crippen LogP contribution in [0, 0.1) is 0 Å². The summed E-state index contributed by atoms with van der Waals surface area (Å²) in [7, 11) is 0. The van der Waals surface area contributed by atoms with Crippen molar-refractivity contribution >= 4 is 46.4 Å². The molecule has 2 atom stereocenters. The lowest BCUT2D eigenvalue weighted by atomic mass is 9.95. The molecule has 5 rings (SSSR count). The molecular weight excluding hydrogens is 431 g/mol. The van der Waals surface area contributed by atoms with Gasteiger partial charge < -0.3 is 0 Å². The molecule has 2 aliphatic carbocycles. The maximum Gasteiger partial charge on any atom is 0.290 e. The van der Waals surface area contributed by atoms with Crippen molar-refractivity contribution in [1.82, 2.24) is 15.2 Å². The number of hydrogen-bond acceptors (Lipinski definition) is 3. The molecule has 1 amide bonds. The van der Waals surface area contributed by atoms with Crippen molar-refractivity contribution in [1.29, 1.82) is 0 Å². The van der Waals surface area contributed by atoms with Crippen LogP contribution in [-0.4, -0.2) is 15.7 Å². The maximum absolute atomic E-state index is 13.0. The normalized spacial score (nSPS) is 19.3. The number of hydrogen-bond donors (Lipinski definition) is 2. The summed E-state index contributed by atoms with van der Waals surface area (Å²) in [4.78, 5) is 13.0. The Morgan fingerprint density at radius 2 is 1.72 bits per heavy atom. The lowest BCUT2D eigenvalue weighted by molar-refractivity contribution is 0.0956. The van der Waals surface area contributed by atoms with E-state index >= 15 is 0 Å². The molecule has 0 saturated heterocycles. The topological polar surface area (TPSA) is 59.0 Å². The number of nitrogens with zero attached hydrogens (tertiary/aromatic N) is 2. The van der Waals surface area contributed by atoms with E-state index in [1.807, 2.05) is 10.7 Å². The van der Waals surface area contributed by atoms with Gasteiger partial charge in [0.1, 0.15) is 0 Å². The van der Waals surface area contributed by atoms with Crippen molar-refractivity contribution in [2.24, 2.45) is 0 Å². The Kier molecular flexibility index (Phi) is 4.69. The molecule has 0 radical (unpaired) electrons. The quantitative estimate of drug-likeness (QED) is 0.486. The van der Waals surface area contributed by atoms with Crippen LogP contribution in [0.2, 0.25) is 15.1 Å². The zero-order chi connectivity index (χ0) is 20.1. The minimum atomic E-state index is -0.271. The molecule has 2 aliphatic rings. The molecule has 2 aromatic carbocycles. The van der Waals surface area contributed by atoms with Gasteiger partial charge in [-0.2, -0.15) is 5.10 Å². The van der Waals surface area contributed by atoms with Crippen LogP contribution in [0.4, 0.5) is 5.69 Å². The fraction of sp³-hybridized carbons (Fsp3) is 0.238. The van der Waals surface area contributed by atoms with Crippen molar-refractivity contribution in [3.63, 3.8) is 0 Å². The largest absolute Gasteiger partial charge is 0.298 e. The molecule has 1 saturated carbocycles. The van der Waals surface area contributed by atoms with E-state index in [4.69, 9.17) is 34.8 Å². The highest BCUT2D eigenvalue weighted by molar-refractivity contribution is 6.35. The second-order valence-electron chi connectivity index (χ2n) is 7.45. The molecule has 1 heterocycles. The van der Waals surface area contributed by atoms with Gasteiger partial charge in [0.15, 0.2) is 5.69 Å². The first-order chi connectivity index (χ1) is 14.0. The van der Waals surface area contributed by atoms with Crippen molar-refractivity contribution in [3.8, 4) is 5.69 Å². The number of carbonyl (C=O) groups is 1. The van der Waals surface area contributed by atoms with Crippen LogP contribution in [0.5, 0.6) is 0 Å². The van der Waals surface area contributed by atoms with Gasteiger partial charge in [-0.05, 0) is 67.6 Å². The molecule has 2 N–H and O–H groups in total. The average molecular weight is 448 g/mol. The van der Waals surface area contributed by atoms with Gasteiger partial charge in [0.05, 0.1) is 22.1 Å². The first kappa shape index (κ1) is 18.8. The van der Waals surface area contributed by atoms with E-state index in [0.717, 1.165) is 41.9 Å². The number of halogens is 3. The summed E-state index contributed by atoms with van der Waals surface area (Å²) < 4.78 is 1.83.